The van der Waals surface area contributed by atoms with Crippen molar-refractivity contribution in [1.82, 2.24) is 29.9 Å². The molecule has 4 aromatic rings. The maximum absolute atomic E-state index is 13.3. The van der Waals surface area contributed by atoms with E-state index in [1.807, 2.05) is 4.90 Å². The van der Waals surface area contributed by atoms with Crippen LogP contribution >= 0.6 is 23.2 Å². The van der Waals surface area contributed by atoms with E-state index in [0.717, 1.165) is 0 Å². The van der Waals surface area contributed by atoms with Gasteiger partial charge in [0.15, 0.2) is 17.0 Å². The quantitative estimate of drug-likeness (QED) is 0.453. The molecule has 2 aromatic heterocycles. The normalized spacial score (nSPS) is 14.2. The molecule has 0 atom stereocenters. The van der Waals surface area contributed by atoms with E-state index < -0.39 is 0 Å². The van der Waals surface area contributed by atoms with Crippen molar-refractivity contribution in [3.05, 3.63) is 70.2 Å². The lowest BCUT2D eigenvalue weighted by molar-refractivity contribution is 0.0747. The molecule has 5 rings (SSSR count). The van der Waals surface area contributed by atoms with Crippen molar-refractivity contribution in [2.45, 2.75) is 0 Å². The average Bonchev–Trinajstić information content (AvgIpc) is 3.25. The molecule has 0 unspecified atom stereocenters. The third-order valence-electron chi connectivity index (χ3n) is 5.31. The van der Waals surface area contributed by atoms with Crippen LogP contribution in [-0.2, 0) is 0 Å². The second kappa shape index (κ2) is 8.33. The summed E-state index contributed by atoms with van der Waals surface area (Å²) in [4.78, 5) is 25.4. The van der Waals surface area contributed by atoms with Crippen molar-refractivity contribution < 1.29 is 9.18 Å². The molecule has 162 valence electrons. The third-order valence-corrected chi connectivity index (χ3v) is 5.88. The number of carbonyl (C=O) groups is 1. The molecule has 3 heterocycles. The van der Waals surface area contributed by atoms with Crippen LogP contribution in [0.1, 0.15) is 10.4 Å². The Morgan fingerprint density at radius 3 is 2.47 bits per heavy atom. The van der Waals surface area contributed by atoms with E-state index >= 15 is 0 Å². The highest BCUT2D eigenvalue weighted by Gasteiger charge is 2.26. The molecule has 0 spiro atoms. The van der Waals surface area contributed by atoms with Crippen LogP contribution in [-0.4, -0.2) is 61.9 Å². The molecule has 11 heteroatoms. The van der Waals surface area contributed by atoms with Crippen LogP contribution in [0.4, 0.5) is 10.2 Å². The van der Waals surface area contributed by atoms with E-state index in [9.17, 15) is 9.18 Å². The Labute approximate surface area is 192 Å². The summed E-state index contributed by atoms with van der Waals surface area (Å²) in [5.74, 6) is 0.142. The number of rotatable bonds is 3. The van der Waals surface area contributed by atoms with Gasteiger partial charge in [-0.15, -0.1) is 5.10 Å². The molecule has 0 aliphatic carbocycles. The lowest BCUT2D eigenvalue weighted by atomic mass is 10.1. The van der Waals surface area contributed by atoms with Gasteiger partial charge in [0.05, 0.1) is 16.3 Å². The molecule has 0 N–H and O–H groups in total. The van der Waals surface area contributed by atoms with E-state index in [2.05, 4.69) is 20.3 Å². The van der Waals surface area contributed by atoms with Crippen LogP contribution in [0.25, 0.3) is 16.9 Å². The van der Waals surface area contributed by atoms with Gasteiger partial charge in [0, 0.05) is 31.2 Å². The molecule has 1 saturated heterocycles. The standard InChI is InChI=1S/C21H16Cl2FN7O/c22-13-1-6-17(23)16(11-13)21(32)30-9-7-29(8-10-30)19-18-20(26-12-25-19)31(28-27-18)15-4-2-14(24)3-5-15/h1-6,11-12H,7-10H2. The number of benzene rings is 2. The van der Waals surface area contributed by atoms with Crippen molar-refractivity contribution in [1.29, 1.82) is 0 Å². The highest BCUT2D eigenvalue weighted by molar-refractivity contribution is 6.35. The summed E-state index contributed by atoms with van der Waals surface area (Å²) >= 11 is 12.2. The molecule has 1 aliphatic rings. The first-order valence-corrected chi connectivity index (χ1v) is 10.6. The highest BCUT2D eigenvalue weighted by atomic mass is 35.5. The molecule has 8 nitrogen and oxygen atoms in total. The summed E-state index contributed by atoms with van der Waals surface area (Å²) in [5, 5.41) is 9.26. The maximum Gasteiger partial charge on any atom is 0.255 e. The lowest BCUT2D eigenvalue weighted by Crippen LogP contribution is -2.49. The number of aromatic nitrogens is 5. The third kappa shape index (κ3) is 3.74. The van der Waals surface area contributed by atoms with E-state index in [-0.39, 0.29) is 11.7 Å². The molecular formula is C21H16Cl2FN7O. The van der Waals surface area contributed by atoms with E-state index in [4.69, 9.17) is 23.2 Å². The van der Waals surface area contributed by atoms with E-state index in [0.29, 0.717) is 64.5 Å². The number of hydrogen-bond donors (Lipinski definition) is 0. The van der Waals surface area contributed by atoms with Crippen molar-refractivity contribution in [2.75, 3.05) is 31.1 Å². The summed E-state index contributed by atoms with van der Waals surface area (Å²) in [6.07, 6.45) is 1.45. The summed E-state index contributed by atoms with van der Waals surface area (Å²) in [6.45, 7) is 2.08. The first kappa shape index (κ1) is 20.6. The highest BCUT2D eigenvalue weighted by Crippen LogP contribution is 2.26. The van der Waals surface area contributed by atoms with Gasteiger partial charge in [0.2, 0.25) is 0 Å². The Balaban J connectivity index is 1.37. The zero-order valence-corrected chi connectivity index (χ0v) is 18.1. The lowest BCUT2D eigenvalue weighted by Gasteiger charge is -2.35. The number of nitrogens with zero attached hydrogens (tertiary/aromatic N) is 7. The fraction of sp³-hybridized carbons (Fsp3) is 0.190. The van der Waals surface area contributed by atoms with Crippen LogP contribution in [0.15, 0.2) is 48.8 Å². The molecule has 1 fully saturated rings. The minimum atomic E-state index is -0.333. The second-order valence-corrected chi connectivity index (χ2v) is 8.09. The number of amides is 1. The largest absolute Gasteiger partial charge is 0.351 e. The number of anilines is 1. The Bertz CT molecular complexity index is 1300. The molecule has 0 bridgehead atoms. The molecule has 2 aromatic carbocycles. The van der Waals surface area contributed by atoms with Gasteiger partial charge in [-0.2, -0.15) is 4.68 Å². The number of hydrogen-bond acceptors (Lipinski definition) is 6. The van der Waals surface area contributed by atoms with Gasteiger partial charge < -0.3 is 9.80 Å². The van der Waals surface area contributed by atoms with Crippen molar-refractivity contribution in [2.24, 2.45) is 0 Å². The van der Waals surface area contributed by atoms with Gasteiger partial charge in [-0.05, 0) is 42.5 Å². The van der Waals surface area contributed by atoms with Crippen LogP contribution in [0.3, 0.4) is 0 Å². The number of piperazine rings is 1. The fourth-order valence-electron chi connectivity index (χ4n) is 3.68. The maximum atomic E-state index is 13.3. The molecular weight excluding hydrogens is 456 g/mol. The predicted octanol–water partition coefficient (Wildman–Crippen LogP) is 3.62. The summed E-state index contributed by atoms with van der Waals surface area (Å²) in [7, 11) is 0. The average molecular weight is 472 g/mol. The minimum Gasteiger partial charge on any atom is -0.351 e. The van der Waals surface area contributed by atoms with Crippen LogP contribution in [0.5, 0.6) is 0 Å². The molecule has 32 heavy (non-hydrogen) atoms. The van der Waals surface area contributed by atoms with Gasteiger partial charge >= 0.3 is 0 Å². The zero-order chi connectivity index (χ0) is 22.2. The number of carbonyl (C=O) groups excluding carboxylic acids is 1. The Kier molecular flexibility index (Phi) is 5.36. The smallest absolute Gasteiger partial charge is 0.255 e. The SMILES string of the molecule is O=C(c1cc(Cl)ccc1Cl)N1CCN(c2ncnc3c2nnn3-c2ccc(F)cc2)CC1. The van der Waals surface area contributed by atoms with Crippen molar-refractivity contribution in [3.63, 3.8) is 0 Å². The Morgan fingerprint density at radius 2 is 1.72 bits per heavy atom. The molecule has 1 amide bonds. The fourth-order valence-corrected chi connectivity index (χ4v) is 4.05. The molecule has 1 aliphatic heterocycles. The number of halogens is 3. The van der Waals surface area contributed by atoms with Crippen LogP contribution in [0, 0.1) is 5.82 Å². The van der Waals surface area contributed by atoms with E-state index in [1.54, 1.807) is 39.9 Å². The topological polar surface area (TPSA) is 80.0 Å². The Hall–Kier alpha value is -3.30. The van der Waals surface area contributed by atoms with Gasteiger partial charge in [-0.3, -0.25) is 4.79 Å². The first-order chi connectivity index (χ1) is 15.5. The monoisotopic (exact) mass is 471 g/mol. The van der Waals surface area contributed by atoms with Gasteiger partial charge in [-0.1, -0.05) is 28.4 Å². The van der Waals surface area contributed by atoms with Crippen LogP contribution in [0.2, 0.25) is 10.0 Å². The van der Waals surface area contributed by atoms with Gasteiger partial charge in [0.25, 0.3) is 5.91 Å². The number of fused-ring (bicyclic) bond motifs is 1. The molecule has 0 radical (unpaired) electrons. The van der Waals surface area contributed by atoms with Crippen molar-refractivity contribution >= 4 is 46.1 Å². The summed E-state index contributed by atoms with van der Waals surface area (Å²) in [6, 6.07) is 10.8. The molecule has 0 saturated carbocycles. The zero-order valence-electron chi connectivity index (χ0n) is 16.6. The minimum absolute atomic E-state index is 0.160. The summed E-state index contributed by atoms with van der Waals surface area (Å²) in [5.41, 5.74) is 2.09. The van der Waals surface area contributed by atoms with E-state index in [1.165, 1.54) is 18.5 Å². The summed E-state index contributed by atoms with van der Waals surface area (Å²) < 4.78 is 14.8. The van der Waals surface area contributed by atoms with Gasteiger partial charge in [-0.25, -0.2) is 14.4 Å². The van der Waals surface area contributed by atoms with Crippen molar-refractivity contribution in [3.8, 4) is 5.69 Å². The Morgan fingerprint density at radius 1 is 0.969 bits per heavy atom. The van der Waals surface area contributed by atoms with Gasteiger partial charge in [0.1, 0.15) is 12.1 Å². The van der Waals surface area contributed by atoms with Crippen LogP contribution < -0.4 is 4.90 Å². The first-order valence-electron chi connectivity index (χ1n) is 9.83. The second-order valence-electron chi connectivity index (χ2n) is 7.25. The predicted molar refractivity (Wildman–Crippen MR) is 119 cm³/mol.